The SMILES string of the molecule is CC(C)CN1CC2C3CCN(CC3)C2C1CNCC(F)(F)F. The Kier molecular flexibility index (Phi) is 4.72. The molecule has 0 aromatic carbocycles. The molecule has 4 fully saturated rings. The highest BCUT2D eigenvalue weighted by molar-refractivity contribution is 5.07. The summed E-state index contributed by atoms with van der Waals surface area (Å²) in [4.78, 5) is 5.00. The summed E-state index contributed by atoms with van der Waals surface area (Å²) in [5.41, 5.74) is 0. The van der Waals surface area contributed by atoms with E-state index in [4.69, 9.17) is 0 Å². The Bertz CT molecular complexity index is 377. The van der Waals surface area contributed by atoms with E-state index in [0.29, 0.717) is 24.4 Å². The number of fused-ring (bicyclic) bond motifs is 2. The van der Waals surface area contributed by atoms with Gasteiger partial charge in [-0.05, 0) is 43.7 Å². The number of nitrogens with one attached hydrogen (secondary N) is 1. The molecule has 0 aliphatic carbocycles. The zero-order chi connectivity index (χ0) is 15.9. The summed E-state index contributed by atoms with van der Waals surface area (Å²) >= 11 is 0. The molecule has 0 amide bonds. The normalized spacial score (nSPS) is 38.7. The van der Waals surface area contributed by atoms with Crippen molar-refractivity contribution in [2.45, 2.75) is 44.9 Å². The highest BCUT2D eigenvalue weighted by Gasteiger charge is 2.52. The Balaban J connectivity index is 1.68. The molecule has 4 aliphatic rings. The van der Waals surface area contributed by atoms with Crippen molar-refractivity contribution in [3.8, 4) is 0 Å². The van der Waals surface area contributed by atoms with Gasteiger partial charge < -0.3 is 5.32 Å². The van der Waals surface area contributed by atoms with E-state index in [2.05, 4.69) is 29.0 Å². The van der Waals surface area contributed by atoms with Gasteiger partial charge in [0.2, 0.25) is 0 Å². The van der Waals surface area contributed by atoms with E-state index < -0.39 is 12.7 Å². The van der Waals surface area contributed by atoms with E-state index in [1.807, 2.05) is 0 Å². The van der Waals surface area contributed by atoms with Crippen LogP contribution in [0.2, 0.25) is 0 Å². The monoisotopic (exact) mass is 319 g/mol. The number of nitrogens with zero attached hydrogens (tertiary/aromatic N) is 2. The standard InChI is InChI=1S/C16H28F3N3/c1-11(2)8-22-9-13-12-3-5-21(6-4-12)15(13)14(22)7-20-10-16(17,18)19/h11-15,20H,3-10H2,1-2H3. The third-order valence-electron chi connectivity index (χ3n) is 5.63. The van der Waals surface area contributed by atoms with Crippen LogP contribution >= 0.6 is 0 Å². The lowest BCUT2D eigenvalue weighted by molar-refractivity contribution is -0.125. The minimum absolute atomic E-state index is 0.234. The van der Waals surface area contributed by atoms with Gasteiger partial charge >= 0.3 is 6.18 Å². The molecule has 3 atom stereocenters. The van der Waals surface area contributed by atoms with E-state index in [9.17, 15) is 13.2 Å². The molecule has 2 bridgehead atoms. The molecular formula is C16H28F3N3. The van der Waals surface area contributed by atoms with Crippen LogP contribution in [0.4, 0.5) is 13.2 Å². The zero-order valence-corrected chi connectivity index (χ0v) is 13.6. The fraction of sp³-hybridized carbons (Fsp3) is 1.00. The van der Waals surface area contributed by atoms with E-state index >= 15 is 0 Å². The molecule has 6 heteroatoms. The maximum Gasteiger partial charge on any atom is 0.401 e. The van der Waals surface area contributed by atoms with Gasteiger partial charge in [0.1, 0.15) is 0 Å². The van der Waals surface area contributed by atoms with Crippen molar-refractivity contribution in [2.75, 3.05) is 39.3 Å². The van der Waals surface area contributed by atoms with Gasteiger partial charge in [-0.25, -0.2) is 0 Å². The molecule has 4 heterocycles. The fourth-order valence-electron chi connectivity index (χ4n) is 4.89. The number of likely N-dealkylation sites (tertiary alicyclic amines) is 1. The third kappa shape index (κ3) is 3.44. The predicted molar refractivity (Wildman–Crippen MR) is 80.7 cm³/mol. The van der Waals surface area contributed by atoms with Crippen LogP contribution in [0, 0.1) is 17.8 Å². The van der Waals surface area contributed by atoms with Crippen LogP contribution in [0.5, 0.6) is 0 Å². The van der Waals surface area contributed by atoms with Crippen LogP contribution in [-0.2, 0) is 0 Å². The highest BCUT2D eigenvalue weighted by atomic mass is 19.4. The van der Waals surface area contributed by atoms with E-state index in [1.54, 1.807) is 0 Å². The molecule has 0 radical (unpaired) electrons. The molecule has 0 aromatic heterocycles. The van der Waals surface area contributed by atoms with Crippen molar-refractivity contribution in [3.05, 3.63) is 0 Å². The van der Waals surface area contributed by atoms with Crippen LogP contribution < -0.4 is 5.32 Å². The second-order valence-electron chi connectivity index (χ2n) is 7.69. The lowest BCUT2D eigenvalue weighted by atomic mass is 9.74. The maximum atomic E-state index is 12.4. The van der Waals surface area contributed by atoms with Crippen molar-refractivity contribution in [1.29, 1.82) is 0 Å². The van der Waals surface area contributed by atoms with Gasteiger partial charge in [0.05, 0.1) is 6.54 Å². The first-order valence-electron chi connectivity index (χ1n) is 8.60. The predicted octanol–water partition coefficient (Wildman–Crippen LogP) is 2.19. The quantitative estimate of drug-likeness (QED) is 0.838. The molecule has 0 saturated carbocycles. The molecule has 22 heavy (non-hydrogen) atoms. The number of hydrogen-bond acceptors (Lipinski definition) is 3. The van der Waals surface area contributed by atoms with Gasteiger partial charge in [0.25, 0.3) is 0 Å². The summed E-state index contributed by atoms with van der Waals surface area (Å²) in [5, 5.41) is 2.67. The summed E-state index contributed by atoms with van der Waals surface area (Å²) in [6, 6.07) is 0.699. The van der Waals surface area contributed by atoms with Crippen molar-refractivity contribution < 1.29 is 13.2 Å². The lowest BCUT2D eigenvalue weighted by Gasteiger charge is -2.49. The molecule has 0 spiro atoms. The summed E-state index contributed by atoms with van der Waals surface area (Å²) in [7, 11) is 0. The number of rotatable bonds is 5. The van der Waals surface area contributed by atoms with Crippen LogP contribution in [0.1, 0.15) is 26.7 Å². The summed E-state index contributed by atoms with van der Waals surface area (Å²) < 4.78 is 37.3. The first-order chi connectivity index (χ1) is 10.3. The second-order valence-corrected chi connectivity index (χ2v) is 7.69. The van der Waals surface area contributed by atoms with Crippen LogP contribution in [0.3, 0.4) is 0 Å². The summed E-state index contributed by atoms with van der Waals surface area (Å²) in [5.74, 6) is 2.01. The van der Waals surface area contributed by atoms with E-state index in [1.165, 1.54) is 12.8 Å². The minimum Gasteiger partial charge on any atom is -0.307 e. The topological polar surface area (TPSA) is 18.5 Å². The second kappa shape index (κ2) is 6.29. The van der Waals surface area contributed by atoms with Crippen LogP contribution in [0.25, 0.3) is 0 Å². The van der Waals surface area contributed by atoms with Crippen molar-refractivity contribution >= 4 is 0 Å². The lowest BCUT2D eigenvalue weighted by Crippen LogP contribution is -2.59. The molecule has 0 aromatic rings. The van der Waals surface area contributed by atoms with Crippen LogP contribution in [-0.4, -0.2) is 67.3 Å². The van der Waals surface area contributed by atoms with Gasteiger partial charge in [-0.2, -0.15) is 13.2 Å². The molecule has 1 N–H and O–H groups in total. The fourth-order valence-corrected chi connectivity index (χ4v) is 4.89. The van der Waals surface area contributed by atoms with Crippen molar-refractivity contribution in [3.63, 3.8) is 0 Å². The number of hydrogen-bond donors (Lipinski definition) is 1. The van der Waals surface area contributed by atoms with Gasteiger partial charge in [-0.3, -0.25) is 9.80 Å². The number of alkyl halides is 3. The Morgan fingerprint density at radius 2 is 1.86 bits per heavy atom. The third-order valence-corrected chi connectivity index (χ3v) is 5.63. The van der Waals surface area contributed by atoms with Gasteiger partial charge in [-0.15, -0.1) is 0 Å². The first-order valence-corrected chi connectivity index (χ1v) is 8.60. The van der Waals surface area contributed by atoms with Gasteiger partial charge in [0, 0.05) is 31.7 Å². The number of halogens is 3. The summed E-state index contributed by atoms with van der Waals surface area (Å²) in [6.07, 6.45) is -1.56. The Labute approximate surface area is 131 Å². The summed E-state index contributed by atoms with van der Waals surface area (Å²) in [6.45, 7) is 8.30. The van der Waals surface area contributed by atoms with Crippen LogP contribution in [0.15, 0.2) is 0 Å². The molecule has 128 valence electrons. The molecular weight excluding hydrogens is 291 g/mol. The molecule has 3 nitrogen and oxygen atoms in total. The Morgan fingerprint density at radius 1 is 1.18 bits per heavy atom. The maximum absolute atomic E-state index is 12.4. The smallest absolute Gasteiger partial charge is 0.307 e. The average molecular weight is 319 g/mol. The average Bonchev–Trinajstić information content (AvgIpc) is 2.78. The Morgan fingerprint density at radius 3 is 2.45 bits per heavy atom. The Hall–Kier alpha value is -0.330. The molecule has 4 saturated heterocycles. The van der Waals surface area contributed by atoms with Crippen molar-refractivity contribution in [1.82, 2.24) is 15.1 Å². The van der Waals surface area contributed by atoms with E-state index in [-0.39, 0.29) is 6.04 Å². The molecule has 3 unspecified atom stereocenters. The van der Waals surface area contributed by atoms with Gasteiger partial charge in [-0.1, -0.05) is 13.8 Å². The van der Waals surface area contributed by atoms with Crippen molar-refractivity contribution in [2.24, 2.45) is 17.8 Å². The molecule has 4 rings (SSSR count). The molecule has 4 aliphatic heterocycles. The first kappa shape index (κ1) is 16.5. The van der Waals surface area contributed by atoms with E-state index in [0.717, 1.165) is 32.1 Å². The zero-order valence-electron chi connectivity index (χ0n) is 13.6. The minimum atomic E-state index is -4.12. The largest absolute Gasteiger partial charge is 0.401 e. The van der Waals surface area contributed by atoms with Gasteiger partial charge in [0.15, 0.2) is 0 Å². The number of piperidine rings is 3. The highest BCUT2D eigenvalue weighted by Crippen LogP contribution is 2.44.